The molecule has 132 valence electrons. The second-order valence-corrected chi connectivity index (χ2v) is 11.8. The van der Waals surface area contributed by atoms with Crippen molar-refractivity contribution in [1.29, 1.82) is 0 Å². The van der Waals surface area contributed by atoms with Gasteiger partial charge in [0.05, 0.1) is 5.30 Å². The number of hydrogen-bond acceptors (Lipinski definition) is 0. The van der Waals surface area contributed by atoms with E-state index in [9.17, 15) is 0 Å². The maximum absolute atomic E-state index is 6.69. The summed E-state index contributed by atoms with van der Waals surface area (Å²) in [7, 11) is -1.39. The van der Waals surface area contributed by atoms with E-state index in [1.165, 1.54) is 62.1 Å². The first-order valence-corrected chi connectivity index (χ1v) is 11.6. The maximum Gasteiger partial charge on any atom is 0.0671 e. The molecule has 2 aliphatic carbocycles. The third kappa shape index (κ3) is 3.23. The van der Waals surface area contributed by atoms with Gasteiger partial charge in [0.1, 0.15) is 0 Å². The Hall–Kier alpha value is 0.0823. The molecule has 0 bridgehead atoms. The first kappa shape index (κ1) is 18.9. The quantitative estimate of drug-likeness (QED) is 0.275. The van der Waals surface area contributed by atoms with Gasteiger partial charge < -0.3 is 11.6 Å². The third-order valence-corrected chi connectivity index (χ3v) is 12.1. The number of hydrogen-bond donors (Lipinski definition) is 0. The summed E-state index contributed by atoms with van der Waals surface area (Å²) in [5.74, 6) is 0. The minimum atomic E-state index is -1.39. The second kappa shape index (κ2) is 8.19. The Bertz CT molecular complexity index is 658. The normalized spacial score (nSPS) is 19.7. The molecule has 3 heteroatoms. The Morgan fingerprint density at radius 1 is 0.792 bits per heavy atom. The summed E-state index contributed by atoms with van der Waals surface area (Å²) in [5.41, 5.74) is 3.86. The van der Waals surface area contributed by atoms with Gasteiger partial charge in [0, 0.05) is 31.7 Å². The van der Waals surface area contributed by atoms with E-state index in [1.807, 2.05) is 0 Å². The third-order valence-electron chi connectivity index (χ3n) is 6.20. The van der Waals surface area contributed by atoms with Gasteiger partial charge >= 0.3 is 0 Å². The van der Waals surface area contributed by atoms with Gasteiger partial charge in [-0.3, -0.25) is 0 Å². The summed E-state index contributed by atoms with van der Waals surface area (Å²) in [4.78, 5) is 0. The van der Waals surface area contributed by atoms with Crippen LogP contribution in [0.3, 0.4) is 0 Å². The van der Waals surface area contributed by atoms with Crippen LogP contribution in [0.25, 0.3) is 10.8 Å². The van der Waals surface area contributed by atoms with Crippen LogP contribution in [0.15, 0.2) is 42.5 Å². The topological polar surface area (TPSA) is 0 Å². The number of halogens is 1. The van der Waals surface area contributed by atoms with Gasteiger partial charge in [-0.15, -0.1) is 0 Å². The first-order valence-electron chi connectivity index (χ1n) is 9.16. The van der Waals surface area contributed by atoms with Crippen molar-refractivity contribution in [3.8, 4) is 0 Å². The van der Waals surface area contributed by atoms with Gasteiger partial charge in [-0.2, -0.15) is 0 Å². The number of rotatable bonds is 4. The van der Waals surface area contributed by atoms with Crippen molar-refractivity contribution in [2.75, 3.05) is 0 Å². The Kier molecular flexibility index (Phi) is 6.43. The van der Waals surface area contributed by atoms with E-state index in [0.717, 1.165) is 11.3 Å². The fourth-order valence-electron chi connectivity index (χ4n) is 5.02. The predicted molar refractivity (Wildman–Crippen MR) is 105 cm³/mol. The van der Waals surface area contributed by atoms with E-state index in [1.54, 1.807) is 5.30 Å². The predicted octanol–water partition coefficient (Wildman–Crippen LogP) is 6.72. The standard InChI is InChI=1S/C21H26ClP.Pd/c22-16-23(19-9-3-4-10-19,20-11-5-6-12-20)21-14-13-17-7-1-2-8-18(17)15-21;/h1-2,7-8,13-16,19-20H,3-6,9-12H2;. The summed E-state index contributed by atoms with van der Waals surface area (Å²) in [5, 5.41) is 4.30. The van der Waals surface area contributed by atoms with E-state index in [-0.39, 0.29) is 20.4 Å². The zero-order valence-corrected chi connectivity index (χ0v) is 17.3. The molecular weight excluding hydrogens is 425 g/mol. The summed E-state index contributed by atoms with van der Waals surface area (Å²) in [6.07, 6.45) is 11.2. The maximum atomic E-state index is 6.69. The Labute approximate surface area is 165 Å². The largest absolute Gasteiger partial charge is 0.304 e. The molecule has 0 unspecified atom stereocenters. The van der Waals surface area contributed by atoms with Crippen LogP contribution in [0, 0.1) is 5.62 Å². The fraction of sp³-hybridized carbons (Fsp3) is 0.476. The first-order chi connectivity index (χ1) is 11.3. The van der Waals surface area contributed by atoms with Crippen LogP contribution in [0.1, 0.15) is 51.4 Å². The van der Waals surface area contributed by atoms with E-state index in [2.05, 4.69) is 48.1 Å². The molecule has 0 spiro atoms. The molecule has 2 aromatic carbocycles. The molecule has 2 fully saturated rings. The van der Waals surface area contributed by atoms with Gasteiger partial charge in [0.15, 0.2) is 0 Å². The van der Waals surface area contributed by atoms with Crippen molar-refractivity contribution in [3.05, 3.63) is 48.1 Å². The zero-order valence-electron chi connectivity index (χ0n) is 14.1. The van der Waals surface area contributed by atoms with E-state index >= 15 is 0 Å². The van der Waals surface area contributed by atoms with Crippen LogP contribution < -0.4 is 5.30 Å². The minimum Gasteiger partial charge on any atom is -0.304 e. The average Bonchev–Trinajstić information content (AvgIpc) is 3.30. The van der Waals surface area contributed by atoms with Crippen LogP contribution in [0.4, 0.5) is 0 Å². The second-order valence-electron chi connectivity index (χ2n) is 7.34. The van der Waals surface area contributed by atoms with Crippen molar-refractivity contribution in [1.82, 2.24) is 0 Å². The monoisotopic (exact) mass is 450 g/mol. The average molecular weight is 451 g/mol. The summed E-state index contributed by atoms with van der Waals surface area (Å²) >= 11 is 6.69. The molecule has 0 aromatic heterocycles. The molecule has 24 heavy (non-hydrogen) atoms. The van der Waals surface area contributed by atoms with Gasteiger partial charge in [0.2, 0.25) is 0 Å². The van der Waals surface area contributed by atoms with Gasteiger partial charge in [-0.1, -0.05) is 43.2 Å². The molecule has 0 aliphatic heterocycles. The van der Waals surface area contributed by atoms with Crippen LogP contribution in [0.5, 0.6) is 0 Å². The molecule has 0 atom stereocenters. The molecule has 0 amide bonds. The smallest absolute Gasteiger partial charge is 0.0671 e. The van der Waals surface area contributed by atoms with Crippen molar-refractivity contribution in [2.24, 2.45) is 0 Å². The van der Waals surface area contributed by atoms with E-state index < -0.39 is 7.26 Å². The van der Waals surface area contributed by atoms with Crippen LogP contribution in [-0.2, 0) is 20.4 Å². The summed E-state index contributed by atoms with van der Waals surface area (Å²) in [6, 6.07) is 16.0. The van der Waals surface area contributed by atoms with Gasteiger partial charge in [-0.25, -0.2) is 0 Å². The molecular formula is C21H26ClPPd. The molecule has 4 rings (SSSR count). The number of benzene rings is 2. The molecule has 2 saturated carbocycles. The van der Waals surface area contributed by atoms with Gasteiger partial charge in [0.25, 0.3) is 0 Å². The molecule has 0 heterocycles. The summed E-state index contributed by atoms with van der Waals surface area (Å²) in [6.45, 7) is 0. The Balaban J connectivity index is 0.00000169. The Morgan fingerprint density at radius 3 is 1.88 bits per heavy atom. The van der Waals surface area contributed by atoms with Crippen LogP contribution in [0.2, 0.25) is 0 Å². The van der Waals surface area contributed by atoms with Crippen molar-refractivity contribution < 1.29 is 20.4 Å². The molecule has 0 N–H and O–H groups in total. The SMILES string of the molecule is Cl[CH-][P+](c1ccc2ccccc2c1)(C1CCCC1)C1CCCC1.[Pd]. The zero-order chi connectivity index (χ0) is 15.7. The van der Waals surface area contributed by atoms with Crippen LogP contribution in [-0.4, -0.2) is 11.3 Å². The van der Waals surface area contributed by atoms with Crippen molar-refractivity contribution in [3.63, 3.8) is 0 Å². The van der Waals surface area contributed by atoms with E-state index in [4.69, 9.17) is 11.6 Å². The molecule has 0 saturated heterocycles. The van der Waals surface area contributed by atoms with E-state index in [0.29, 0.717) is 0 Å². The molecule has 2 aliphatic rings. The molecule has 0 radical (unpaired) electrons. The fourth-order valence-corrected chi connectivity index (χ4v) is 11.3. The Morgan fingerprint density at radius 2 is 1.33 bits per heavy atom. The van der Waals surface area contributed by atoms with Crippen molar-refractivity contribution >= 4 is 34.9 Å². The molecule has 0 nitrogen and oxygen atoms in total. The van der Waals surface area contributed by atoms with Gasteiger partial charge in [-0.05, 0) is 74.3 Å². The van der Waals surface area contributed by atoms with Crippen molar-refractivity contribution in [2.45, 2.75) is 62.7 Å². The molecule has 2 aromatic rings. The van der Waals surface area contributed by atoms with Crippen LogP contribution >= 0.6 is 18.9 Å². The minimum absolute atomic E-state index is 0. The summed E-state index contributed by atoms with van der Waals surface area (Å²) < 4.78 is 0. The number of fused-ring (bicyclic) bond motifs is 1.